The number of para-hydroxylation sites is 2. The van der Waals surface area contributed by atoms with E-state index in [1.807, 2.05) is 24.3 Å². The van der Waals surface area contributed by atoms with Gasteiger partial charge in [-0.2, -0.15) is 8.42 Å². The van der Waals surface area contributed by atoms with Crippen molar-refractivity contribution in [2.45, 2.75) is 0 Å². The smallest absolute Gasteiger partial charge is 0.394 e. The van der Waals surface area contributed by atoms with Crippen LogP contribution in [0.15, 0.2) is 24.3 Å². The van der Waals surface area contributed by atoms with E-state index in [9.17, 15) is 0 Å². The quantitative estimate of drug-likeness (QED) is 0.480. The zero-order valence-corrected chi connectivity index (χ0v) is 6.65. The summed E-state index contributed by atoms with van der Waals surface area (Å²) in [4.78, 5) is 0. The molecular formula is C6H6O5S. The monoisotopic (exact) mass is 190 g/mol. The van der Waals surface area contributed by atoms with Gasteiger partial charge in [0, 0.05) is 0 Å². The van der Waals surface area contributed by atoms with Crippen LogP contribution in [-0.2, 0) is 10.4 Å². The largest absolute Gasteiger partial charge is 0.450 e. The van der Waals surface area contributed by atoms with E-state index in [2.05, 4.69) is 0 Å². The Morgan fingerprint density at radius 2 is 1.42 bits per heavy atom. The summed E-state index contributed by atoms with van der Waals surface area (Å²) in [5.74, 6) is 2.06. The van der Waals surface area contributed by atoms with Crippen LogP contribution in [0, 0.1) is 0 Å². The molecule has 0 atom stereocenters. The van der Waals surface area contributed by atoms with Gasteiger partial charge in [-0.3, -0.25) is 9.11 Å². The van der Waals surface area contributed by atoms with E-state index in [1.165, 1.54) is 0 Å². The average Bonchev–Trinajstić information content (AvgIpc) is 2.59. The molecule has 5 nitrogen and oxygen atoms in total. The summed E-state index contributed by atoms with van der Waals surface area (Å²) in [5, 5.41) is 0. The van der Waals surface area contributed by atoms with Crippen LogP contribution in [0.2, 0.25) is 0 Å². The molecular weight excluding hydrogens is 184 g/mol. The maximum atomic E-state index is 8.74. The molecule has 6 heteroatoms. The van der Waals surface area contributed by atoms with Gasteiger partial charge in [0.25, 0.3) is 0 Å². The minimum absolute atomic E-state index is 1.03. The second-order valence-corrected chi connectivity index (χ2v) is 2.89. The molecule has 0 aliphatic carbocycles. The van der Waals surface area contributed by atoms with Crippen LogP contribution in [0.4, 0.5) is 0 Å². The van der Waals surface area contributed by atoms with Gasteiger partial charge in [-0.05, 0) is 12.1 Å². The van der Waals surface area contributed by atoms with Crippen molar-refractivity contribution in [3.8, 4) is 11.5 Å². The van der Waals surface area contributed by atoms with Gasteiger partial charge in [0.2, 0.25) is 0 Å². The van der Waals surface area contributed by atoms with Crippen LogP contribution in [0.5, 0.6) is 11.5 Å². The summed E-state index contributed by atoms with van der Waals surface area (Å²) >= 11 is 0. The second kappa shape index (κ2) is 3.10. The Balaban J connectivity index is 0.000000130. The number of rotatable bonds is 0. The molecule has 12 heavy (non-hydrogen) atoms. The predicted molar refractivity (Wildman–Crippen MR) is 40.7 cm³/mol. The number of fused-ring (bicyclic) bond motifs is 1. The zero-order chi connectivity index (χ0) is 9.19. The lowest BCUT2D eigenvalue weighted by atomic mass is 10.4. The van der Waals surface area contributed by atoms with Crippen LogP contribution >= 0.6 is 0 Å². The van der Waals surface area contributed by atoms with E-state index < -0.39 is 10.4 Å². The first-order valence-electron chi connectivity index (χ1n) is 2.93. The summed E-state index contributed by atoms with van der Waals surface area (Å²) in [6.45, 7) is 0. The summed E-state index contributed by atoms with van der Waals surface area (Å²) in [5.41, 5.74) is 0. The molecule has 0 saturated heterocycles. The standard InChI is InChI=1S/C6H4O.H2O4S/c1-2-4-6-5(3-1)7-6;1-5(2,3)4/h1-4H;(H2,1,2,3,4). The predicted octanol–water partition coefficient (Wildman–Crippen LogP) is 1.14. The van der Waals surface area contributed by atoms with E-state index in [1.54, 1.807) is 0 Å². The van der Waals surface area contributed by atoms with Crippen molar-refractivity contribution in [2.24, 2.45) is 0 Å². The van der Waals surface area contributed by atoms with Crippen LogP contribution in [0.1, 0.15) is 0 Å². The second-order valence-electron chi connectivity index (χ2n) is 2.00. The minimum atomic E-state index is -4.67. The van der Waals surface area contributed by atoms with Crippen molar-refractivity contribution in [1.29, 1.82) is 0 Å². The van der Waals surface area contributed by atoms with E-state index in [4.69, 9.17) is 22.3 Å². The molecule has 0 aromatic heterocycles. The van der Waals surface area contributed by atoms with Crippen LogP contribution in [0.3, 0.4) is 0 Å². The number of hydrogen-bond acceptors (Lipinski definition) is 3. The lowest BCUT2D eigenvalue weighted by Crippen LogP contribution is -1.89. The van der Waals surface area contributed by atoms with E-state index in [0.717, 1.165) is 11.5 Å². The van der Waals surface area contributed by atoms with Crippen LogP contribution < -0.4 is 4.74 Å². The number of benzene rings is 1. The van der Waals surface area contributed by atoms with Crippen molar-refractivity contribution < 1.29 is 22.3 Å². The molecule has 2 N–H and O–H groups in total. The molecule has 1 aliphatic rings. The molecule has 0 spiro atoms. The molecule has 1 heterocycles. The highest BCUT2D eigenvalue weighted by Crippen LogP contribution is 2.43. The third-order valence-corrected chi connectivity index (χ3v) is 1.03. The molecule has 0 unspecified atom stereocenters. The van der Waals surface area contributed by atoms with Crippen LogP contribution in [-0.4, -0.2) is 17.5 Å². The van der Waals surface area contributed by atoms with Crippen molar-refractivity contribution in [2.75, 3.05) is 0 Å². The van der Waals surface area contributed by atoms with Gasteiger partial charge in [0.05, 0.1) is 0 Å². The van der Waals surface area contributed by atoms with Gasteiger partial charge in [0.15, 0.2) is 11.5 Å². The zero-order valence-electron chi connectivity index (χ0n) is 5.84. The van der Waals surface area contributed by atoms with Gasteiger partial charge in [-0.15, -0.1) is 0 Å². The first-order valence-corrected chi connectivity index (χ1v) is 4.33. The average molecular weight is 190 g/mol. The van der Waals surface area contributed by atoms with Gasteiger partial charge >= 0.3 is 10.4 Å². The Hall–Kier alpha value is -1.11. The molecule has 1 aromatic rings. The molecule has 0 radical (unpaired) electrons. The third kappa shape index (κ3) is 3.91. The first kappa shape index (κ1) is 8.98. The van der Waals surface area contributed by atoms with E-state index in [0.29, 0.717) is 0 Å². The van der Waals surface area contributed by atoms with Crippen molar-refractivity contribution in [1.82, 2.24) is 0 Å². The Kier molecular flexibility index (Phi) is 2.32. The fourth-order valence-corrected chi connectivity index (χ4v) is 0.611. The normalized spacial score (nSPS) is 11.8. The Bertz CT molecular complexity index is 340. The van der Waals surface area contributed by atoms with Gasteiger partial charge in [0.1, 0.15) is 0 Å². The Morgan fingerprint density at radius 1 is 1.08 bits per heavy atom. The first-order chi connectivity index (χ1) is 5.47. The van der Waals surface area contributed by atoms with Crippen molar-refractivity contribution >= 4 is 10.4 Å². The van der Waals surface area contributed by atoms with Crippen LogP contribution in [0.25, 0.3) is 0 Å². The lowest BCUT2D eigenvalue weighted by molar-refractivity contribution is 0.381. The third-order valence-electron chi connectivity index (χ3n) is 1.03. The maximum Gasteiger partial charge on any atom is 0.394 e. The summed E-state index contributed by atoms with van der Waals surface area (Å²) < 4.78 is 36.5. The Morgan fingerprint density at radius 3 is 1.67 bits per heavy atom. The maximum absolute atomic E-state index is 8.74. The topological polar surface area (TPSA) is 87.1 Å². The number of ether oxygens (including phenoxy) is 1. The summed E-state index contributed by atoms with van der Waals surface area (Å²) in [6.07, 6.45) is 0. The molecule has 0 saturated carbocycles. The molecule has 66 valence electrons. The molecule has 1 aromatic carbocycles. The SMILES string of the molecule is O=S(=O)(O)O.c1ccc2c(c1)O2. The van der Waals surface area contributed by atoms with Gasteiger partial charge < -0.3 is 4.74 Å². The fraction of sp³-hybridized carbons (Fsp3) is 0. The minimum Gasteiger partial charge on any atom is -0.450 e. The highest BCUT2D eigenvalue weighted by molar-refractivity contribution is 7.79. The number of hydrogen-bond donors (Lipinski definition) is 2. The van der Waals surface area contributed by atoms with Crippen molar-refractivity contribution in [3.05, 3.63) is 24.3 Å². The van der Waals surface area contributed by atoms with Gasteiger partial charge in [-0.1, -0.05) is 12.1 Å². The molecule has 0 fully saturated rings. The molecule has 1 aliphatic heterocycles. The Labute approximate surface area is 69.2 Å². The highest BCUT2D eigenvalue weighted by Gasteiger charge is 2.15. The molecule has 0 bridgehead atoms. The molecule has 2 rings (SSSR count). The highest BCUT2D eigenvalue weighted by atomic mass is 32.3. The fourth-order valence-electron chi connectivity index (χ4n) is 0.611. The summed E-state index contributed by atoms with van der Waals surface area (Å²) in [7, 11) is -4.67. The molecule has 0 amide bonds. The van der Waals surface area contributed by atoms with E-state index in [-0.39, 0.29) is 0 Å². The van der Waals surface area contributed by atoms with Gasteiger partial charge in [-0.25, -0.2) is 0 Å². The summed E-state index contributed by atoms with van der Waals surface area (Å²) in [6, 6.07) is 7.84. The van der Waals surface area contributed by atoms with Crippen molar-refractivity contribution in [3.63, 3.8) is 0 Å². The lowest BCUT2D eigenvalue weighted by Gasteiger charge is -1.68. The van der Waals surface area contributed by atoms with E-state index >= 15 is 0 Å².